The van der Waals surface area contributed by atoms with Crippen LogP contribution < -0.4 is 5.32 Å². The topological polar surface area (TPSA) is 91.0 Å². The number of aromatic amines is 1. The van der Waals surface area contributed by atoms with Gasteiger partial charge in [0.1, 0.15) is 6.33 Å². The highest BCUT2D eigenvalue weighted by molar-refractivity contribution is 6.39. The molecule has 0 saturated carbocycles. The van der Waals surface area contributed by atoms with E-state index in [1.807, 2.05) is 60.7 Å². The van der Waals surface area contributed by atoms with Gasteiger partial charge in [-0.15, -0.1) is 0 Å². The number of hydrogen-bond acceptors (Lipinski definition) is 4. The van der Waals surface area contributed by atoms with Crippen molar-refractivity contribution in [1.29, 1.82) is 0 Å². The van der Waals surface area contributed by atoms with Crippen molar-refractivity contribution in [2.75, 3.05) is 5.32 Å². The van der Waals surface area contributed by atoms with Crippen molar-refractivity contribution in [3.63, 3.8) is 0 Å². The van der Waals surface area contributed by atoms with Crippen molar-refractivity contribution < 1.29 is 9.59 Å². The first-order valence-corrected chi connectivity index (χ1v) is 7.76. The molecule has 0 saturated heterocycles. The van der Waals surface area contributed by atoms with E-state index in [1.165, 1.54) is 11.2 Å². The Morgan fingerprint density at radius 2 is 1.48 bits per heavy atom. The molecule has 1 aromatic heterocycles. The van der Waals surface area contributed by atoms with Gasteiger partial charge in [0.05, 0.1) is 0 Å². The molecule has 0 aliphatic rings. The molecule has 3 aromatic rings. The van der Waals surface area contributed by atoms with Crippen LogP contribution in [0.2, 0.25) is 0 Å². The maximum absolute atomic E-state index is 12.6. The molecular formula is C18H17N5O2. The zero-order valence-corrected chi connectivity index (χ0v) is 13.4. The van der Waals surface area contributed by atoms with Crippen molar-refractivity contribution in [2.24, 2.45) is 0 Å². The molecule has 0 bridgehead atoms. The molecule has 7 nitrogen and oxygen atoms in total. The van der Waals surface area contributed by atoms with E-state index in [-0.39, 0.29) is 5.95 Å². The van der Waals surface area contributed by atoms with E-state index in [1.54, 1.807) is 0 Å². The summed E-state index contributed by atoms with van der Waals surface area (Å²) in [5.41, 5.74) is 1.89. The van der Waals surface area contributed by atoms with Crippen LogP contribution in [0.5, 0.6) is 0 Å². The fraction of sp³-hybridized carbons (Fsp3) is 0.111. The number of amides is 2. The van der Waals surface area contributed by atoms with Crippen LogP contribution in [0.25, 0.3) is 0 Å². The highest BCUT2D eigenvalue weighted by Crippen LogP contribution is 2.11. The van der Waals surface area contributed by atoms with Crippen LogP contribution in [0.1, 0.15) is 11.1 Å². The molecule has 126 valence electrons. The highest BCUT2D eigenvalue weighted by Gasteiger charge is 2.23. The third-order valence-electron chi connectivity index (χ3n) is 3.56. The largest absolute Gasteiger partial charge is 0.326 e. The number of rotatable bonds is 5. The Morgan fingerprint density at radius 1 is 0.920 bits per heavy atom. The average Bonchev–Trinajstić information content (AvgIpc) is 3.15. The minimum absolute atomic E-state index is 0.137. The van der Waals surface area contributed by atoms with Gasteiger partial charge in [0.2, 0.25) is 5.95 Å². The SMILES string of the molecule is O=C(Nc1ncn[nH]1)C(=O)N(Cc1ccccc1)Cc1ccccc1. The molecule has 3 rings (SSSR count). The van der Waals surface area contributed by atoms with E-state index in [0.29, 0.717) is 13.1 Å². The average molecular weight is 335 g/mol. The fourth-order valence-electron chi connectivity index (χ4n) is 2.38. The van der Waals surface area contributed by atoms with Gasteiger partial charge in [0, 0.05) is 13.1 Å². The molecule has 7 heteroatoms. The molecule has 0 atom stereocenters. The van der Waals surface area contributed by atoms with E-state index >= 15 is 0 Å². The molecule has 0 spiro atoms. The standard InChI is InChI=1S/C18H17N5O2/c24-16(21-18-19-13-20-22-18)17(25)23(11-14-7-3-1-4-8-14)12-15-9-5-2-6-10-15/h1-10,13H,11-12H2,(H2,19,20,21,22,24). The van der Waals surface area contributed by atoms with E-state index < -0.39 is 11.8 Å². The number of aromatic nitrogens is 3. The third kappa shape index (κ3) is 4.51. The van der Waals surface area contributed by atoms with Crippen LogP contribution in [0.3, 0.4) is 0 Å². The summed E-state index contributed by atoms with van der Waals surface area (Å²) in [6, 6.07) is 19.1. The molecule has 1 heterocycles. The van der Waals surface area contributed by atoms with Gasteiger partial charge in [-0.1, -0.05) is 60.7 Å². The normalized spacial score (nSPS) is 10.2. The molecule has 2 N–H and O–H groups in total. The molecule has 0 radical (unpaired) electrons. The number of carbonyl (C=O) groups is 2. The van der Waals surface area contributed by atoms with Gasteiger partial charge in [-0.05, 0) is 11.1 Å². The number of carbonyl (C=O) groups excluding carboxylic acids is 2. The fourth-order valence-corrected chi connectivity index (χ4v) is 2.38. The van der Waals surface area contributed by atoms with Crippen LogP contribution in [0.15, 0.2) is 67.0 Å². The molecule has 2 amide bonds. The smallest absolute Gasteiger partial charge is 0.316 e. The van der Waals surface area contributed by atoms with Crippen molar-refractivity contribution in [2.45, 2.75) is 13.1 Å². The Kier molecular flexibility index (Phi) is 5.16. The molecule has 0 aliphatic heterocycles. The molecule has 0 fully saturated rings. The zero-order chi connectivity index (χ0) is 17.5. The Labute approximate surface area is 144 Å². The lowest BCUT2D eigenvalue weighted by molar-refractivity contribution is -0.144. The van der Waals surface area contributed by atoms with Gasteiger partial charge in [-0.25, -0.2) is 5.10 Å². The summed E-state index contributed by atoms with van der Waals surface area (Å²) in [7, 11) is 0. The lowest BCUT2D eigenvalue weighted by Crippen LogP contribution is -2.39. The van der Waals surface area contributed by atoms with Crippen molar-refractivity contribution in [1.82, 2.24) is 20.1 Å². The zero-order valence-electron chi connectivity index (χ0n) is 13.4. The molecule has 25 heavy (non-hydrogen) atoms. The first-order chi connectivity index (χ1) is 12.2. The van der Waals surface area contributed by atoms with Gasteiger partial charge >= 0.3 is 11.8 Å². The summed E-state index contributed by atoms with van der Waals surface area (Å²) in [5.74, 6) is -1.26. The molecule has 2 aromatic carbocycles. The minimum atomic E-state index is -0.761. The first-order valence-electron chi connectivity index (χ1n) is 7.76. The Hall–Kier alpha value is -3.48. The monoisotopic (exact) mass is 335 g/mol. The molecule has 0 unspecified atom stereocenters. The number of hydrogen-bond donors (Lipinski definition) is 2. The van der Waals surface area contributed by atoms with Gasteiger partial charge in [-0.3, -0.25) is 14.9 Å². The van der Waals surface area contributed by atoms with Crippen LogP contribution in [-0.4, -0.2) is 31.9 Å². The van der Waals surface area contributed by atoms with Crippen molar-refractivity contribution >= 4 is 17.8 Å². The summed E-state index contributed by atoms with van der Waals surface area (Å²) >= 11 is 0. The third-order valence-corrected chi connectivity index (χ3v) is 3.56. The van der Waals surface area contributed by atoms with Crippen LogP contribution >= 0.6 is 0 Å². The van der Waals surface area contributed by atoms with Crippen molar-refractivity contribution in [3.05, 3.63) is 78.1 Å². The van der Waals surface area contributed by atoms with E-state index in [9.17, 15) is 9.59 Å². The predicted octanol–water partition coefficient (Wildman–Crippen LogP) is 1.97. The number of H-pyrrole nitrogens is 1. The second-order valence-corrected chi connectivity index (χ2v) is 5.42. The lowest BCUT2D eigenvalue weighted by Gasteiger charge is -2.22. The second-order valence-electron chi connectivity index (χ2n) is 5.42. The summed E-state index contributed by atoms with van der Waals surface area (Å²) in [4.78, 5) is 30.2. The van der Waals surface area contributed by atoms with Gasteiger partial charge in [0.15, 0.2) is 0 Å². The summed E-state index contributed by atoms with van der Waals surface area (Å²) in [5, 5.41) is 8.55. The van der Waals surface area contributed by atoms with E-state index in [0.717, 1.165) is 11.1 Å². The number of benzene rings is 2. The molecule has 0 aliphatic carbocycles. The maximum Gasteiger partial charge on any atom is 0.316 e. The first kappa shape index (κ1) is 16.4. The number of nitrogens with one attached hydrogen (secondary N) is 2. The minimum Gasteiger partial charge on any atom is -0.326 e. The highest BCUT2D eigenvalue weighted by atomic mass is 16.2. The summed E-state index contributed by atoms with van der Waals surface area (Å²) < 4.78 is 0. The summed E-state index contributed by atoms with van der Waals surface area (Å²) in [6.45, 7) is 0.663. The van der Waals surface area contributed by atoms with E-state index in [2.05, 4.69) is 20.5 Å². The van der Waals surface area contributed by atoms with Gasteiger partial charge < -0.3 is 4.90 Å². The number of nitrogens with zero attached hydrogens (tertiary/aromatic N) is 3. The van der Waals surface area contributed by atoms with Crippen LogP contribution in [0, 0.1) is 0 Å². The van der Waals surface area contributed by atoms with Crippen LogP contribution in [0.4, 0.5) is 5.95 Å². The number of anilines is 1. The van der Waals surface area contributed by atoms with Gasteiger partial charge in [-0.2, -0.15) is 10.1 Å². The van der Waals surface area contributed by atoms with Crippen LogP contribution in [-0.2, 0) is 22.7 Å². The predicted molar refractivity (Wildman–Crippen MR) is 92.2 cm³/mol. The Balaban J connectivity index is 1.76. The maximum atomic E-state index is 12.6. The Morgan fingerprint density at radius 3 is 1.96 bits per heavy atom. The van der Waals surface area contributed by atoms with Gasteiger partial charge in [0.25, 0.3) is 0 Å². The Bertz CT molecular complexity index is 778. The lowest BCUT2D eigenvalue weighted by atomic mass is 10.1. The van der Waals surface area contributed by atoms with Crippen molar-refractivity contribution in [3.8, 4) is 0 Å². The summed E-state index contributed by atoms with van der Waals surface area (Å²) in [6.07, 6.45) is 1.26. The second kappa shape index (κ2) is 7.87. The molecular weight excluding hydrogens is 318 g/mol. The quantitative estimate of drug-likeness (QED) is 0.698. The van der Waals surface area contributed by atoms with E-state index in [4.69, 9.17) is 0 Å².